The number of carbonyl (C=O) groups is 2. The molecular formula is C18H18FN3O3. The second-order valence-corrected chi connectivity index (χ2v) is 6.04. The number of amides is 2. The van der Waals surface area contributed by atoms with Gasteiger partial charge in [-0.1, -0.05) is 12.1 Å². The molecule has 0 bridgehead atoms. The molecule has 0 radical (unpaired) electrons. The van der Waals surface area contributed by atoms with Crippen LogP contribution in [-0.2, 0) is 11.2 Å². The predicted molar refractivity (Wildman–Crippen MR) is 88.0 cm³/mol. The van der Waals surface area contributed by atoms with Gasteiger partial charge >= 0.3 is 0 Å². The lowest BCUT2D eigenvalue weighted by atomic mass is 10.1. The summed E-state index contributed by atoms with van der Waals surface area (Å²) in [6.45, 7) is 0.971. The molecule has 0 saturated carbocycles. The highest BCUT2D eigenvalue weighted by Gasteiger charge is 2.30. The maximum atomic E-state index is 12.9. The van der Waals surface area contributed by atoms with Crippen LogP contribution in [0.4, 0.5) is 4.39 Å². The van der Waals surface area contributed by atoms with Crippen LogP contribution in [-0.4, -0.2) is 35.8 Å². The zero-order chi connectivity index (χ0) is 17.8. The lowest BCUT2D eigenvalue weighted by Gasteiger charge is -2.17. The van der Waals surface area contributed by atoms with E-state index in [0.717, 1.165) is 5.56 Å². The summed E-state index contributed by atoms with van der Waals surface area (Å²) >= 11 is 0. The third-order valence-corrected chi connectivity index (χ3v) is 4.20. The molecule has 1 fully saturated rings. The largest absolute Gasteiger partial charge is 0.619 e. The van der Waals surface area contributed by atoms with E-state index in [1.807, 2.05) is 0 Å². The predicted octanol–water partition coefficient (Wildman–Crippen LogP) is 1.03. The fourth-order valence-electron chi connectivity index (χ4n) is 2.83. The van der Waals surface area contributed by atoms with E-state index in [2.05, 4.69) is 5.32 Å². The normalized spacial score (nSPS) is 16.9. The highest BCUT2D eigenvalue weighted by Crippen LogP contribution is 2.13. The van der Waals surface area contributed by atoms with Gasteiger partial charge in [-0.05, 0) is 24.1 Å². The molecule has 6 nitrogen and oxygen atoms in total. The van der Waals surface area contributed by atoms with Gasteiger partial charge in [0.15, 0.2) is 12.4 Å². The monoisotopic (exact) mass is 343 g/mol. The third-order valence-electron chi connectivity index (χ3n) is 4.20. The SMILES string of the molecule is O=C(NC1CC(=O)N(CCc2ccc(F)cc2)C1)c1cc[n+]([O-])cc1. The van der Waals surface area contributed by atoms with Gasteiger partial charge in [0, 0.05) is 31.6 Å². The van der Waals surface area contributed by atoms with Crippen LogP contribution >= 0.6 is 0 Å². The Morgan fingerprint density at radius 2 is 1.92 bits per heavy atom. The standard InChI is InChI=1S/C18H18FN3O3/c19-15-3-1-13(2-4-15)5-8-21-12-16(11-17(21)23)20-18(24)14-6-9-22(25)10-7-14/h1-4,6-7,9-10,16H,5,8,11-12H2,(H,20,24). The van der Waals surface area contributed by atoms with Crippen molar-refractivity contribution in [1.82, 2.24) is 10.2 Å². The van der Waals surface area contributed by atoms with E-state index >= 15 is 0 Å². The summed E-state index contributed by atoms with van der Waals surface area (Å²) in [5.41, 5.74) is 1.33. The topological polar surface area (TPSA) is 76.4 Å². The van der Waals surface area contributed by atoms with E-state index in [1.165, 1.54) is 36.7 Å². The van der Waals surface area contributed by atoms with Crippen molar-refractivity contribution in [3.63, 3.8) is 0 Å². The molecule has 7 heteroatoms. The number of hydrogen-bond donors (Lipinski definition) is 1. The van der Waals surface area contributed by atoms with Crippen molar-refractivity contribution in [2.75, 3.05) is 13.1 Å². The minimum atomic E-state index is -0.307. The summed E-state index contributed by atoms with van der Waals surface area (Å²) in [5, 5.41) is 13.8. The first kappa shape index (κ1) is 16.9. The van der Waals surface area contributed by atoms with Gasteiger partial charge in [-0.2, -0.15) is 4.73 Å². The van der Waals surface area contributed by atoms with Crippen molar-refractivity contribution in [2.24, 2.45) is 0 Å². The van der Waals surface area contributed by atoms with Crippen molar-refractivity contribution in [1.29, 1.82) is 0 Å². The number of nitrogens with one attached hydrogen (secondary N) is 1. The van der Waals surface area contributed by atoms with Crippen LogP contribution < -0.4 is 10.0 Å². The number of nitrogens with zero attached hydrogens (tertiary/aromatic N) is 2. The number of aromatic nitrogens is 1. The first-order valence-corrected chi connectivity index (χ1v) is 8.03. The zero-order valence-electron chi connectivity index (χ0n) is 13.5. The molecule has 130 valence electrons. The molecule has 2 amide bonds. The van der Waals surface area contributed by atoms with E-state index in [0.29, 0.717) is 29.8 Å². The smallest absolute Gasteiger partial charge is 0.252 e. The van der Waals surface area contributed by atoms with Crippen molar-refractivity contribution in [3.05, 3.63) is 70.9 Å². The molecule has 1 aromatic heterocycles. The highest BCUT2D eigenvalue weighted by molar-refractivity contribution is 5.94. The van der Waals surface area contributed by atoms with Gasteiger partial charge in [0.05, 0.1) is 11.6 Å². The summed E-state index contributed by atoms with van der Waals surface area (Å²) in [5.74, 6) is -0.608. The molecule has 1 unspecified atom stereocenters. The Morgan fingerprint density at radius 3 is 2.60 bits per heavy atom. The number of benzene rings is 1. The van der Waals surface area contributed by atoms with Crippen molar-refractivity contribution in [3.8, 4) is 0 Å². The lowest BCUT2D eigenvalue weighted by molar-refractivity contribution is -0.605. The Hall–Kier alpha value is -2.96. The number of halogens is 1. The Morgan fingerprint density at radius 1 is 1.24 bits per heavy atom. The van der Waals surface area contributed by atoms with E-state index < -0.39 is 0 Å². The quantitative estimate of drug-likeness (QED) is 0.651. The fraction of sp³-hybridized carbons (Fsp3) is 0.278. The maximum Gasteiger partial charge on any atom is 0.252 e. The van der Waals surface area contributed by atoms with Crippen LogP contribution in [0.3, 0.4) is 0 Å². The summed E-state index contributed by atoms with van der Waals surface area (Å²) in [6, 6.07) is 8.81. The van der Waals surface area contributed by atoms with Crippen LogP contribution in [0, 0.1) is 11.0 Å². The molecule has 25 heavy (non-hydrogen) atoms. The Bertz CT molecular complexity index is 762. The summed E-state index contributed by atoms with van der Waals surface area (Å²) in [7, 11) is 0. The van der Waals surface area contributed by atoms with Crippen molar-refractivity contribution >= 4 is 11.8 Å². The average molecular weight is 343 g/mol. The first-order chi connectivity index (χ1) is 12.0. The summed E-state index contributed by atoms with van der Waals surface area (Å²) in [6.07, 6.45) is 3.39. The Labute approximate surface area is 144 Å². The third kappa shape index (κ3) is 4.32. The molecule has 1 aliphatic rings. The molecule has 1 atom stereocenters. The van der Waals surface area contributed by atoms with Gasteiger partial charge in [-0.3, -0.25) is 9.59 Å². The van der Waals surface area contributed by atoms with Gasteiger partial charge in [-0.25, -0.2) is 4.39 Å². The molecule has 3 rings (SSSR count). The zero-order valence-corrected chi connectivity index (χ0v) is 13.5. The van der Waals surface area contributed by atoms with Gasteiger partial charge < -0.3 is 15.4 Å². The average Bonchev–Trinajstić information content (AvgIpc) is 2.94. The number of hydrogen-bond acceptors (Lipinski definition) is 3. The van der Waals surface area contributed by atoms with Crippen molar-refractivity contribution < 1.29 is 18.7 Å². The lowest BCUT2D eigenvalue weighted by Crippen LogP contribution is -2.38. The molecule has 1 saturated heterocycles. The van der Waals surface area contributed by atoms with Crippen LogP contribution in [0.25, 0.3) is 0 Å². The number of carbonyl (C=O) groups excluding carboxylic acids is 2. The van der Waals surface area contributed by atoms with Crippen LogP contribution in [0.2, 0.25) is 0 Å². The molecule has 2 heterocycles. The highest BCUT2D eigenvalue weighted by atomic mass is 19.1. The Kier molecular flexibility index (Phi) is 4.92. The Balaban J connectivity index is 1.52. The van der Waals surface area contributed by atoms with Gasteiger partial charge in [0.1, 0.15) is 5.82 Å². The maximum absolute atomic E-state index is 12.9. The molecule has 2 aromatic rings. The summed E-state index contributed by atoms with van der Waals surface area (Å²) < 4.78 is 13.5. The summed E-state index contributed by atoms with van der Waals surface area (Å²) in [4.78, 5) is 25.9. The second kappa shape index (κ2) is 7.29. The molecule has 1 N–H and O–H groups in total. The van der Waals surface area contributed by atoms with E-state index in [4.69, 9.17) is 0 Å². The minimum absolute atomic E-state index is 0.0159. The van der Waals surface area contributed by atoms with Gasteiger partial charge in [0.2, 0.25) is 5.91 Å². The van der Waals surface area contributed by atoms with E-state index in [1.54, 1.807) is 17.0 Å². The minimum Gasteiger partial charge on any atom is -0.619 e. The molecular weight excluding hydrogens is 325 g/mol. The number of pyridine rings is 1. The number of rotatable bonds is 5. The number of likely N-dealkylation sites (tertiary alicyclic amines) is 1. The van der Waals surface area contributed by atoms with Gasteiger partial charge in [-0.15, -0.1) is 0 Å². The molecule has 0 spiro atoms. The van der Waals surface area contributed by atoms with Crippen LogP contribution in [0.5, 0.6) is 0 Å². The second-order valence-electron chi connectivity index (χ2n) is 6.04. The van der Waals surface area contributed by atoms with E-state index in [-0.39, 0.29) is 30.1 Å². The molecule has 1 aliphatic heterocycles. The van der Waals surface area contributed by atoms with Gasteiger partial charge in [0.25, 0.3) is 5.91 Å². The molecule has 0 aliphatic carbocycles. The van der Waals surface area contributed by atoms with Crippen LogP contribution in [0.15, 0.2) is 48.8 Å². The van der Waals surface area contributed by atoms with Crippen molar-refractivity contribution in [2.45, 2.75) is 18.9 Å². The molecule has 1 aromatic carbocycles. The van der Waals surface area contributed by atoms with Crippen LogP contribution in [0.1, 0.15) is 22.3 Å². The van der Waals surface area contributed by atoms with E-state index in [9.17, 15) is 19.2 Å². The fourth-order valence-corrected chi connectivity index (χ4v) is 2.83. The first-order valence-electron chi connectivity index (χ1n) is 8.03.